The van der Waals surface area contributed by atoms with Crippen LogP contribution in [0.5, 0.6) is 5.75 Å². The minimum Gasteiger partial charge on any atom is -0.482 e. The van der Waals surface area contributed by atoms with Crippen molar-refractivity contribution >= 4 is 5.91 Å². The molecule has 204 valence electrons. The Morgan fingerprint density at radius 3 is 2.08 bits per heavy atom. The van der Waals surface area contributed by atoms with Gasteiger partial charge in [-0.1, -0.05) is 78.9 Å². The summed E-state index contributed by atoms with van der Waals surface area (Å²) in [5.41, 5.74) is 5.04. The van der Waals surface area contributed by atoms with Crippen LogP contribution in [0, 0.1) is 0 Å². The van der Waals surface area contributed by atoms with Gasteiger partial charge >= 0.3 is 0 Å². The lowest BCUT2D eigenvalue weighted by atomic mass is 9.94. The van der Waals surface area contributed by atoms with Gasteiger partial charge in [0.1, 0.15) is 20.0 Å². The number of carbonyl (C=O) groups excluding carboxylic acids is 1. The summed E-state index contributed by atoms with van der Waals surface area (Å²) < 4.78 is 22.1. The molecule has 2 heterocycles. The molecule has 2 aliphatic rings. The largest absolute Gasteiger partial charge is 0.482 e. The van der Waals surface area contributed by atoms with E-state index in [0.717, 1.165) is 29.5 Å². The summed E-state index contributed by atoms with van der Waals surface area (Å²) in [6, 6.07) is 25.7. The van der Waals surface area contributed by atoms with Crippen LogP contribution in [0.3, 0.4) is 0 Å². The van der Waals surface area contributed by atoms with Crippen molar-refractivity contribution in [3.8, 4) is 5.75 Å². The Morgan fingerprint density at radius 2 is 1.48 bits per heavy atom. The number of carbonyl (C=O) groups is 1. The van der Waals surface area contributed by atoms with Crippen molar-refractivity contribution in [2.24, 2.45) is 0 Å². The van der Waals surface area contributed by atoms with Gasteiger partial charge < -0.3 is 9.64 Å². The van der Waals surface area contributed by atoms with Gasteiger partial charge in [-0.2, -0.15) is 0 Å². The Bertz CT molecular complexity index is 1570. The van der Waals surface area contributed by atoms with Gasteiger partial charge in [0.2, 0.25) is 5.43 Å². The SMILES string of the molecule is CC(C)N1CN(C2c3ccccc3CCc3ccccc32)n2cc(CF)c(=O)c(OCc3ccccc3)c2C1=O. The summed E-state index contributed by atoms with van der Waals surface area (Å²) in [7, 11) is 0. The molecule has 0 saturated carbocycles. The van der Waals surface area contributed by atoms with Gasteiger partial charge in [0.25, 0.3) is 5.91 Å². The molecule has 0 spiro atoms. The minimum absolute atomic E-state index is 0.0437. The van der Waals surface area contributed by atoms with Crippen molar-refractivity contribution in [3.05, 3.63) is 134 Å². The van der Waals surface area contributed by atoms with E-state index in [-0.39, 0.29) is 48.3 Å². The smallest absolute Gasteiger partial charge is 0.278 e. The van der Waals surface area contributed by atoms with Crippen LogP contribution in [0.4, 0.5) is 4.39 Å². The summed E-state index contributed by atoms with van der Waals surface area (Å²) in [4.78, 5) is 29.2. The fourth-order valence-corrected chi connectivity index (χ4v) is 5.83. The third-order valence-corrected chi connectivity index (χ3v) is 7.91. The summed E-state index contributed by atoms with van der Waals surface area (Å²) in [5.74, 6) is -0.429. The van der Waals surface area contributed by atoms with Crippen molar-refractivity contribution in [2.45, 2.75) is 52.1 Å². The monoisotopic (exact) mass is 537 g/mol. The number of pyridine rings is 1. The van der Waals surface area contributed by atoms with Crippen LogP contribution in [0.2, 0.25) is 0 Å². The molecule has 1 aromatic heterocycles. The van der Waals surface area contributed by atoms with E-state index in [1.807, 2.05) is 68.4 Å². The predicted molar refractivity (Wildman–Crippen MR) is 153 cm³/mol. The molecule has 0 N–H and O–H groups in total. The molecule has 0 radical (unpaired) electrons. The lowest BCUT2D eigenvalue weighted by Crippen LogP contribution is -2.57. The topological polar surface area (TPSA) is 54.8 Å². The third kappa shape index (κ3) is 4.45. The van der Waals surface area contributed by atoms with Crippen LogP contribution in [0.25, 0.3) is 0 Å². The zero-order chi connectivity index (χ0) is 27.8. The van der Waals surface area contributed by atoms with E-state index in [9.17, 15) is 14.0 Å². The van der Waals surface area contributed by atoms with E-state index in [2.05, 4.69) is 29.3 Å². The van der Waals surface area contributed by atoms with Gasteiger partial charge in [0.05, 0.1) is 11.6 Å². The summed E-state index contributed by atoms with van der Waals surface area (Å²) in [6.45, 7) is 3.31. The zero-order valence-corrected chi connectivity index (χ0v) is 22.7. The fraction of sp³-hybridized carbons (Fsp3) is 0.273. The molecule has 6 nitrogen and oxygen atoms in total. The molecular weight excluding hydrogens is 505 g/mol. The molecule has 1 aliphatic carbocycles. The summed E-state index contributed by atoms with van der Waals surface area (Å²) in [5, 5.41) is 2.08. The maximum Gasteiger partial charge on any atom is 0.278 e. The Hall–Kier alpha value is -4.39. The second-order valence-electron chi connectivity index (χ2n) is 10.7. The molecule has 0 fully saturated rings. The van der Waals surface area contributed by atoms with Crippen LogP contribution in [-0.2, 0) is 26.1 Å². The number of hydrogen-bond acceptors (Lipinski definition) is 4. The number of hydrogen-bond donors (Lipinski definition) is 0. The van der Waals surface area contributed by atoms with Crippen molar-refractivity contribution in [2.75, 3.05) is 11.7 Å². The molecule has 4 aromatic rings. The van der Waals surface area contributed by atoms with E-state index in [4.69, 9.17) is 4.74 Å². The molecule has 7 heteroatoms. The number of halogens is 1. The van der Waals surface area contributed by atoms with Crippen molar-refractivity contribution in [1.29, 1.82) is 0 Å². The minimum atomic E-state index is -0.964. The second-order valence-corrected chi connectivity index (χ2v) is 10.7. The van der Waals surface area contributed by atoms with Crippen molar-refractivity contribution in [1.82, 2.24) is 9.58 Å². The number of amides is 1. The molecule has 0 unspecified atom stereocenters. The maximum absolute atomic E-state index is 14.3. The first kappa shape index (κ1) is 25.9. The summed E-state index contributed by atoms with van der Waals surface area (Å²) >= 11 is 0. The standard InChI is InChI=1S/C33H32FN3O3/c1-22(2)35-21-37(29-27-14-8-6-12-24(27)16-17-25-13-7-9-15-28(25)29)36-19-26(18-34)31(38)32(30(36)33(35)39)40-20-23-10-4-3-5-11-23/h3-15,19,22,29H,16-18,20-21H2,1-2H3. The Kier molecular flexibility index (Phi) is 6.88. The number of fused-ring (bicyclic) bond motifs is 3. The number of aromatic nitrogens is 1. The number of nitrogens with zero attached hydrogens (tertiary/aromatic N) is 3. The molecule has 40 heavy (non-hydrogen) atoms. The van der Waals surface area contributed by atoms with Gasteiger partial charge in [-0.3, -0.25) is 19.3 Å². The van der Waals surface area contributed by atoms with Crippen molar-refractivity contribution in [3.63, 3.8) is 0 Å². The summed E-state index contributed by atoms with van der Waals surface area (Å²) in [6.07, 6.45) is 3.27. The highest BCUT2D eigenvalue weighted by Crippen LogP contribution is 2.38. The first-order valence-electron chi connectivity index (χ1n) is 13.7. The molecule has 3 aromatic carbocycles. The van der Waals surface area contributed by atoms with Crippen LogP contribution in [-0.4, -0.2) is 28.2 Å². The first-order chi connectivity index (χ1) is 19.5. The highest BCUT2D eigenvalue weighted by atomic mass is 19.1. The van der Waals surface area contributed by atoms with E-state index in [0.29, 0.717) is 0 Å². The first-order valence-corrected chi connectivity index (χ1v) is 13.7. The van der Waals surface area contributed by atoms with Gasteiger partial charge in [-0.25, -0.2) is 4.39 Å². The van der Waals surface area contributed by atoms with Gasteiger partial charge in [-0.15, -0.1) is 0 Å². The average Bonchev–Trinajstić information content (AvgIpc) is 3.14. The molecule has 1 aliphatic heterocycles. The van der Waals surface area contributed by atoms with Crippen LogP contribution < -0.4 is 15.2 Å². The van der Waals surface area contributed by atoms with Crippen LogP contribution in [0.15, 0.2) is 89.9 Å². The second kappa shape index (κ2) is 10.6. The Balaban J connectivity index is 1.58. The maximum atomic E-state index is 14.3. The predicted octanol–water partition coefficient (Wildman–Crippen LogP) is 5.54. The van der Waals surface area contributed by atoms with Crippen LogP contribution in [0.1, 0.15) is 63.8 Å². The lowest BCUT2D eigenvalue weighted by Gasteiger charge is -2.46. The van der Waals surface area contributed by atoms with Gasteiger partial charge in [0, 0.05) is 12.2 Å². The third-order valence-electron chi connectivity index (χ3n) is 7.91. The Labute approximate surface area is 233 Å². The molecule has 1 amide bonds. The Morgan fingerprint density at radius 1 is 0.875 bits per heavy atom. The number of rotatable bonds is 6. The number of aryl methyl sites for hydroxylation is 2. The highest BCUT2D eigenvalue weighted by molar-refractivity contribution is 5.96. The van der Waals surface area contributed by atoms with Crippen LogP contribution >= 0.6 is 0 Å². The highest BCUT2D eigenvalue weighted by Gasteiger charge is 2.40. The number of alkyl halides is 1. The molecule has 0 bridgehead atoms. The average molecular weight is 538 g/mol. The molecule has 0 saturated heterocycles. The van der Waals surface area contributed by atoms with Gasteiger partial charge in [0.15, 0.2) is 11.4 Å². The molecule has 6 rings (SSSR count). The van der Waals surface area contributed by atoms with Crippen molar-refractivity contribution < 1.29 is 13.9 Å². The van der Waals surface area contributed by atoms with E-state index in [1.54, 1.807) is 9.58 Å². The molecular formula is C33H32FN3O3. The normalized spacial score (nSPS) is 14.9. The zero-order valence-electron chi connectivity index (χ0n) is 22.7. The molecule has 0 atom stereocenters. The van der Waals surface area contributed by atoms with Gasteiger partial charge in [-0.05, 0) is 54.5 Å². The quantitative estimate of drug-likeness (QED) is 0.324. The lowest BCUT2D eigenvalue weighted by molar-refractivity contribution is 0.0617. The number of benzene rings is 3. The van der Waals surface area contributed by atoms with E-state index < -0.39 is 12.1 Å². The fourth-order valence-electron chi connectivity index (χ4n) is 5.83. The number of ether oxygens (including phenoxy) is 1. The van der Waals surface area contributed by atoms with E-state index in [1.165, 1.54) is 17.3 Å². The van der Waals surface area contributed by atoms with E-state index >= 15 is 0 Å².